The van der Waals surface area contributed by atoms with E-state index in [0.717, 1.165) is 11.6 Å². The molecule has 106 valence electrons. The Morgan fingerprint density at radius 2 is 1.81 bits per heavy atom. The molecule has 0 aliphatic carbocycles. The van der Waals surface area contributed by atoms with E-state index >= 15 is 0 Å². The van der Waals surface area contributed by atoms with E-state index in [0.29, 0.717) is 5.69 Å². The van der Waals surface area contributed by atoms with Crippen molar-refractivity contribution in [1.82, 2.24) is 4.98 Å². The smallest absolute Gasteiger partial charge is 0.150 e. The van der Waals surface area contributed by atoms with Crippen LogP contribution in [0.15, 0.2) is 46.9 Å². The molecular formula is C15H10BrF2N3. The van der Waals surface area contributed by atoms with Crippen LogP contribution in [-0.2, 0) is 0 Å². The first-order valence-corrected chi connectivity index (χ1v) is 6.91. The summed E-state index contributed by atoms with van der Waals surface area (Å²) < 4.78 is 28.3. The molecule has 3 N–H and O–H groups in total. The third-order valence-corrected chi connectivity index (χ3v) is 3.73. The van der Waals surface area contributed by atoms with E-state index in [1.54, 1.807) is 6.07 Å². The molecule has 21 heavy (non-hydrogen) atoms. The number of nitrogens with zero attached hydrogens (tertiary/aromatic N) is 1. The minimum absolute atomic E-state index is 0.0176. The number of halogens is 3. The van der Waals surface area contributed by atoms with Crippen LogP contribution in [0.4, 0.5) is 14.5 Å². The Hall–Kier alpha value is -2.05. The van der Waals surface area contributed by atoms with Gasteiger partial charge >= 0.3 is 0 Å². The topological polar surface area (TPSA) is 50.9 Å². The van der Waals surface area contributed by atoms with Gasteiger partial charge in [0, 0.05) is 5.56 Å². The average Bonchev–Trinajstić information content (AvgIpc) is 2.52. The highest BCUT2D eigenvalue weighted by Gasteiger charge is 2.17. The number of hydrazine groups is 1. The Balaban J connectivity index is 2.38. The predicted octanol–water partition coefficient (Wildman–Crippen LogP) is 4.23. The van der Waals surface area contributed by atoms with Gasteiger partial charge in [-0.3, -0.25) is 5.84 Å². The lowest BCUT2D eigenvalue weighted by molar-refractivity contribution is 0.610. The summed E-state index contributed by atoms with van der Waals surface area (Å²) >= 11 is 2.98. The van der Waals surface area contributed by atoms with Crippen molar-refractivity contribution < 1.29 is 8.78 Å². The molecule has 3 rings (SSSR count). The number of hydrogen-bond donors (Lipinski definition) is 2. The molecule has 0 amide bonds. The van der Waals surface area contributed by atoms with Gasteiger partial charge in [0.05, 0.1) is 21.2 Å². The van der Waals surface area contributed by atoms with E-state index in [-0.39, 0.29) is 21.1 Å². The number of nitrogens with two attached hydrogens (primary N) is 1. The fourth-order valence-electron chi connectivity index (χ4n) is 2.17. The summed E-state index contributed by atoms with van der Waals surface area (Å²) in [6.07, 6.45) is 0. The molecule has 2 aromatic carbocycles. The van der Waals surface area contributed by atoms with Crippen molar-refractivity contribution in [1.29, 1.82) is 0 Å². The van der Waals surface area contributed by atoms with E-state index in [9.17, 15) is 8.78 Å². The van der Waals surface area contributed by atoms with Crippen LogP contribution in [0.2, 0.25) is 0 Å². The summed E-state index contributed by atoms with van der Waals surface area (Å²) in [5.74, 6) is 4.23. The molecule has 0 unspecified atom stereocenters. The molecule has 0 atom stereocenters. The monoisotopic (exact) mass is 349 g/mol. The number of anilines is 1. The van der Waals surface area contributed by atoms with Crippen LogP contribution in [-0.4, -0.2) is 4.98 Å². The Kier molecular flexibility index (Phi) is 3.57. The fourth-order valence-corrected chi connectivity index (χ4v) is 2.57. The second kappa shape index (κ2) is 5.38. The van der Waals surface area contributed by atoms with Crippen LogP contribution in [0.3, 0.4) is 0 Å². The van der Waals surface area contributed by atoms with Gasteiger partial charge in [-0.25, -0.2) is 13.8 Å². The lowest BCUT2D eigenvalue weighted by Gasteiger charge is -2.11. The van der Waals surface area contributed by atoms with Crippen molar-refractivity contribution in [2.24, 2.45) is 5.84 Å². The second-order valence-electron chi connectivity index (χ2n) is 4.44. The molecule has 3 aromatic rings. The normalized spacial score (nSPS) is 10.9. The third-order valence-electron chi connectivity index (χ3n) is 3.15. The number of pyridine rings is 1. The zero-order valence-electron chi connectivity index (χ0n) is 10.7. The first kappa shape index (κ1) is 13.9. The van der Waals surface area contributed by atoms with Crippen LogP contribution < -0.4 is 11.3 Å². The van der Waals surface area contributed by atoms with Crippen molar-refractivity contribution in [3.8, 4) is 11.3 Å². The molecule has 0 fully saturated rings. The van der Waals surface area contributed by atoms with Gasteiger partial charge in [-0.05, 0) is 28.1 Å². The lowest BCUT2D eigenvalue weighted by atomic mass is 10.1. The average molecular weight is 350 g/mol. The number of aromatic nitrogens is 1. The molecular weight excluding hydrogens is 340 g/mol. The summed E-state index contributed by atoms with van der Waals surface area (Å²) in [5, 5.41) is 0.0176. The molecule has 1 heterocycles. The standard InChI is InChI=1S/C15H10BrF2N3/c16-9-6-10(17)15-13(14(9)18)12(21-19)7-11(20-15)8-4-2-1-3-5-8/h1-7H,19H2,(H,20,21). The SMILES string of the molecule is NNc1cc(-c2ccccc2)nc2c(F)cc(Br)c(F)c12. The Bertz CT molecular complexity index is 822. The number of hydrogen-bond acceptors (Lipinski definition) is 3. The summed E-state index contributed by atoms with van der Waals surface area (Å²) in [6.45, 7) is 0. The number of nitrogens with one attached hydrogen (secondary N) is 1. The molecule has 0 saturated carbocycles. The van der Waals surface area contributed by atoms with Crippen molar-refractivity contribution in [3.05, 3.63) is 58.6 Å². The molecule has 0 bridgehead atoms. The van der Waals surface area contributed by atoms with Gasteiger partial charge < -0.3 is 5.43 Å². The van der Waals surface area contributed by atoms with Gasteiger partial charge in [0.2, 0.25) is 0 Å². The molecule has 3 nitrogen and oxygen atoms in total. The molecule has 0 aliphatic heterocycles. The lowest BCUT2D eigenvalue weighted by Crippen LogP contribution is -2.09. The second-order valence-corrected chi connectivity index (χ2v) is 5.30. The zero-order valence-corrected chi connectivity index (χ0v) is 12.3. The maximum Gasteiger partial charge on any atom is 0.150 e. The van der Waals surface area contributed by atoms with E-state index < -0.39 is 11.6 Å². The van der Waals surface area contributed by atoms with Crippen LogP contribution in [0.5, 0.6) is 0 Å². The van der Waals surface area contributed by atoms with E-state index in [2.05, 4.69) is 26.3 Å². The molecule has 0 saturated heterocycles. The Labute approximate surface area is 127 Å². The first-order valence-electron chi connectivity index (χ1n) is 6.12. The Morgan fingerprint density at radius 1 is 1.10 bits per heavy atom. The third kappa shape index (κ3) is 2.36. The molecule has 0 aliphatic rings. The summed E-state index contributed by atoms with van der Waals surface area (Å²) in [5.41, 5.74) is 3.92. The number of nitrogen functional groups attached to an aromatic ring is 1. The molecule has 6 heteroatoms. The van der Waals surface area contributed by atoms with Gasteiger partial charge in [-0.2, -0.15) is 0 Å². The van der Waals surface area contributed by atoms with Gasteiger partial charge in [-0.1, -0.05) is 30.3 Å². The molecule has 0 radical (unpaired) electrons. The summed E-state index contributed by atoms with van der Waals surface area (Å²) in [7, 11) is 0. The summed E-state index contributed by atoms with van der Waals surface area (Å²) in [4.78, 5) is 4.22. The fraction of sp³-hybridized carbons (Fsp3) is 0. The van der Waals surface area contributed by atoms with Gasteiger partial charge in [0.25, 0.3) is 0 Å². The van der Waals surface area contributed by atoms with E-state index in [4.69, 9.17) is 5.84 Å². The molecule has 1 aromatic heterocycles. The van der Waals surface area contributed by atoms with Crippen molar-refractivity contribution in [2.45, 2.75) is 0 Å². The van der Waals surface area contributed by atoms with Crippen LogP contribution in [0.1, 0.15) is 0 Å². The highest BCUT2D eigenvalue weighted by molar-refractivity contribution is 9.10. The molecule has 0 spiro atoms. The van der Waals surface area contributed by atoms with Crippen molar-refractivity contribution in [2.75, 3.05) is 5.43 Å². The van der Waals surface area contributed by atoms with Crippen LogP contribution in [0.25, 0.3) is 22.2 Å². The summed E-state index contributed by atoms with van der Waals surface area (Å²) in [6, 6.07) is 11.9. The van der Waals surface area contributed by atoms with Gasteiger partial charge in [0.15, 0.2) is 5.82 Å². The maximum atomic E-state index is 14.2. The zero-order chi connectivity index (χ0) is 15.0. The highest BCUT2D eigenvalue weighted by Crippen LogP contribution is 2.34. The van der Waals surface area contributed by atoms with Crippen LogP contribution >= 0.6 is 15.9 Å². The quantitative estimate of drug-likeness (QED) is 0.413. The minimum atomic E-state index is -0.618. The predicted molar refractivity (Wildman–Crippen MR) is 82.6 cm³/mol. The van der Waals surface area contributed by atoms with Gasteiger partial charge in [-0.15, -0.1) is 0 Å². The number of rotatable bonds is 2. The number of benzene rings is 2. The van der Waals surface area contributed by atoms with Crippen molar-refractivity contribution >= 4 is 32.5 Å². The number of fused-ring (bicyclic) bond motifs is 1. The van der Waals surface area contributed by atoms with E-state index in [1.165, 1.54) is 0 Å². The highest BCUT2D eigenvalue weighted by atomic mass is 79.9. The first-order chi connectivity index (χ1) is 10.1. The minimum Gasteiger partial charge on any atom is -0.323 e. The van der Waals surface area contributed by atoms with Crippen molar-refractivity contribution in [3.63, 3.8) is 0 Å². The Morgan fingerprint density at radius 3 is 2.48 bits per heavy atom. The van der Waals surface area contributed by atoms with E-state index in [1.807, 2.05) is 30.3 Å². The van der Waals surface area contributed by atoms with Crippen LogP contribution in [0, 0.1) is 11.6 Å². The van der Waals surface area contributed by atoms with Gasteiger partial charge in [0.1, 0.15) is 11.3 Å². The maximum absolute atomic E-state index is 14.2. The largest absolute Gasteiger partial charge is 0.323 e.